The van der Waals surface area contributed by atoms with Gasteiger partial charge in [0.15, 0.2) is 0 Å². The molecule has 200 valence electrons. The lowest BCUT2D eigenvalue weighted by atomic mass is 9.91. The van der Waals surface area contributed by atoms with Crippen molar-refractivity contribution in [2.75, 3.05) is 12.3 Å². The predicted molar refractivity (Wildman–Crippen MR) is 156 cm³/mol. The fourth-order valence-electron chi connectivity index (χ4n) is 4.67. The van der Waals surface area contributed by atoms with Gasteiger partial charge in [-0.2, -0.15) is 0 Å². The first-order valence-electron chi connectivity index (χ1n) is 15.2. The summed E-state index contributed by atoms with van der Waals surface area (Å²) in [6, 6.07) is 8.25. The Hall–Kier alpha value is -1.02. The van der Waals surface area contributed by atoms with Crippen molar-refractivity contribution in [3.05, 3.63) is 29.8 Å². The first kappa shape index (κ1) is 33.0. The maximum Gasteiger partial charge on any atom is 0.0346 e. The van der Waals surface area contributed by atoms with Crippen molar-refractivity contribution >= 4 is 5.69 Å². The second kappa shape index (κ2) is 26.6. The van der Waals surface area contributed by atoms with E-state index in [9.17, 15) is 0 Å². The van der Waals surface area contributed by atoms with Gasteiger partial charge in [0.25, 0.3) is 0 Å². The van der Waals surface area contributed by atoms with Crippen LogP contribution in [0.2, 0.25) is 0 Å². The largest absolute Gasteiger partial charge is 0.399 e. The molecule has 0 heterocycles. The second-order valence-electron chi connectivity index (χ2n) is 10.4. The fourth-order valence-corrected chi connectivity index (χ4v) is 4.67. The van der Waals surface area contributed by atoms with Gasteiger partial charge < -0.3 is 11.5 Å². The highest BCUT2D eigenvalue weighted by atomic mass is 14.6. The zero-order valence-corrected chi connectivity index (χ0v) is 23.6. The van der Waals surface area contributed by atoms with E-state index in [4.69, 9.17) is 11.5 Å². The Bertz CT molecular complexity index is 497. The summed E-state index contributed by atoms with van der Waals surface area (Å²) in [5.74, 6) is 0.801. The van der Waals surface area contributed by atoms with Gasteiger partial charge in [-0.15, -0.1) is 0 Å². The van der Waals surface area contributed by atoms with Crippen LogP contribution in [-0.4, -0.2) is 6.54 Å². The highest BCUT2D eigenvalue weighted by Gasteiger charge is 2.08. The summed E-state index contributed by atoms with van der Waals surface area (Å²) in [6.07, 6.45) is 29.2. The average Bonchev–Trinajstić information content (AvgIpc) is 2.85. The molecular weight excluding hydrogens is 412 g/mol. The van der Waals surface area contributed by atoms with Crippen LogP contribution < -0.4 is 11.5 Å². The average molecular weight is 475 g/mol. The third-order valence-electron chi connectivity index (χ3n) is 7.16. The van der Waals surface area contributed by atoms with Gasteiger partial charge in [0.1, 0.15) is 0 Å². The van der Waals surface area contributed by atoms with Gasteiger partial charge in [-0.1, -0.05) is 161 Å². The summed E-state index contributed by atoms with van der Waals surface area (Å²) in [6.45, 7) is 7.69. The van der Waals surface area contributed by atoms with Gasteiger partial charge in [0, 0.05) is 5.69 Å². The number of hydrogen-bond acceptors (Lipinski definition) is 2. The van der Waals surface area contributed by atoms with Crippen LogP contribution in [0.4, 0.5) is 5.69 Å². The molecule has 0 spiro atoms. The van der Waals surface area contributed by atoms with E-state index >= 15 is 0 Å². The molecule has 2 heteroatoms. The van der Waals surface area contributed by atoms with Crippen LogP contribution in [0.15, 0.2) is 24.3 Å². The monoisotopic (exact) mass is 474 g/mol. The van der Waals surface area contributed by atoms with Crippen LogP contribution in [0.3, 0.4) is 0 Å². The van der Waals surface area contributed by atoms with E-state index in [2.05, 4.69) is 32.9 Å². The molecule has 0 aromatic heterocycles. The Morgan fingerprint density at radius 3 is 1.44 bits per heavy atom. The third kappa shape index (κ3) is 21.5. The van der Waals surface area contributed by atoms with E-state index in [0.29, 0.717) is 0 Å². The van der Waals surface area contributed by atoms with Gasteiger partial charge in [-0.05, 0) is 36.9 Å². The molecule has 0 saturated heterocycles. The van der Waals surface area contributed by atoms with E-state index in [-0.39, 0.29) is 0 Å². The minimum Gasteiger partial charge on any atom is -0.399 e. The number of para-hydroxylation sites is 1. The zero-order valence-electron chi connectivity index (χ0n) is 23.6. The lowest BCUT2D eigenvalue weighted by Gasteiger charge is -2.15. The van der Waals surface area contributed by atoms with Gasteiger partial charge in [0.05, 0.1) is 0 Å². The summed E-state index contributed by atoms with van der Waals surface area (Å²) in [5, 5.41) is 0. The Morgan fingerprint density at radius 1 is 0.588 bits per heavy atom. The molecule has 1 atom stereocenters. The van der Waals surface area contributed by atoms with E-state index in [1.165, 1.54) is 134 Å². The summed E-state index contributed by atoms with van der Waals surface area (Å²) >= 11 is 0. The number of benzene rings is 1. The Morgan fingerprint density at radius 2 is 1.03 bits per heavy atom. The number of rotatable bonds is 22. The molecule has 2 nitrogen and oxygen atoms in total. The molecule has 34 heavy (non-hydrogen) atoms. The molecule has 1 aromatic carbocycles. The third-order valence-corrected chi connectivity index (χ3v) is 7.16. The van der Waals surface area contributed by atoms with Gasteiger partial charge in [-0.3, -0.25) is 0 Å². The first-order chi connectivity index (χ1) is 16.7. The molecule has 1 aromatic rings. The maximum absolute atomic E-state index is 5.95. The highest BCUT2D eigenvalue weighted by molar-refractivity contribution is 5.46. The van der Waals surface area contributed by atoms with Gasteiger partial charge >= 0.3 is 0 Å². The Kier molecular flexibility index (Phi) is 25.8. The highest BCUT2D eigenvalue weighted by Crippen LogP contribution is 2.21. The van der Waals surface area contributed by atoms with Crippen LogP contribution in [0, 0.1) is 5.92 Å². The first-order valence-corrected chi connectivity index (χ1v) is 15.2. The number of hydrogen-bond donors (Lipinski definition) is 2. The number of nitrogens with two attached hydrogens (primary N) is 2. The molecule has 0 saturated carbocycles. The summed E-state index contributed by atoms with van der Waals surface area (Å²) in [7, 11) is 0. The molecular formula is C32H62N2. The molecule has 1 unspecified atom stereocenters. The van der Waals surface area contributed by atoms with Crippen molar-refractivity contribution in [2.45, 2.75) is 156 Å². The zero-order chi connectivity index (χ0) is 25.1. The van der Waals surface area contributed by atoms with Crippen molar-refractivity contribution < 1.29 is 0 Å². The summed E-state index contributed by atoms with van der Waals surface area (Å²) in [4.78, 5) is 0. The topological polar surface area (TPSA) is 52.0 Å². The SMILES string of the molecule is CCCCC(CC)Cc1ccccc1N.CCCCCCCCCCCCCCCCCCN. The van der Waals surface area contributed by atoms with Crippen LogP contribution >= 0.6 is 0 Å². The number of anilines is 1. The molecule has 0 radical (unpaired) electrons. The van der Waals surface area contributed by atoms with Crippen LogP contribution in [0.25, 0.3) is 0 Å². The van der Waals surface area contributed by atoms with E-state index < -0.39 is 0 Å². The molecule has 1 rings (SSSR count). The predicted octanol–water partition coefficient (Wildman–Crippen LogP) is 10.2. The van der Waals surface area contributed by atoms with Gasteiger partial charge in [0.2, 0.25) is 0 Å². The van der Waals surface area contributed by atoms with Crippen molar-refractivity contribution in [1.82, 2.24) is 0 Å². The standard InChI is InChI=1S/C18H39N.C14H23N/c1-2-3-4-5-6-7-8-9-10-11-12-13-14-15-16-17-18-19;1-3-5-8-12(4-2)11-13-9-6-7-10-14(13)15/h2-19H2,1H3;6-7,9-10,12H,3-5,8,11,15H2,1-2H3. The van der Waals surface area contributed by atoms with Crippen molar-refractivity contribution in [3.8, 4) is 0 Å². The van der Waals surface area contributed by atoms with Crippen LogP contribution in [-0.2, 0) is 6.42 Å². The second-order valence-corrected chi connectivity index (χ2v) is 10.4. The molecule has 0 amide bonds. The summed E-state index contributed by atoms with van der Waals surface area (Å²) in [5.41, 5.74) is 13.7. The number of nitrogen functional groups attached to an aromatic ring is 1. The lowest BCUT2D eigenvalue weighted by molar-refractivity contribution is 0.449. The van der Waals surface area contributed by atoms with E-state index in [1.807, 2.05) is 12.1 Å². The lowest BCUT2D eigenvalue weighted by Crippen LogP contribution is -2.05. The van der Waals surface area contributed by atoms with E-state index in [0.717, 1.165) is 24.6 Å². The maximum atomic E-state index is 5.95. The van der Waals surface area contributed by atoms with E-state index in [1.54, 1.807) is 0 Å². The molecule has 0 fully saturated rings. The fraction of sp³-hybridized carbons (Fsp3) is 0.812. The minimum atomic E-state index is 0.801. The quantitative estimate of drug-likeness (QED) is 0.130. The van der Waals surface area contributed by atoms with Crippen molar-refractivity contribution in [2.24, 2.45) is 11.7 Å². The van der Waals surface area contributed by atoms with Crippen LogP contribution in [0.1, 0.15) is 155 Å². The Labute approximate surface area is 215 Å². The molecule has 0 aliphatic carbocycles. The number of unbranched alkanes of at least 4 members (excludes halogenated alkanes) is 16. The molecule has 0 bridgehead atoms. The molecule has 0 aliphatic heterocycles. The van der Waals surface area contributed by atoms with Crippen molar-refractivity contribution in [3.63, 3.8) is 0 Å². The molecule has 4 N–H and O–H groups in total. The Balaban J connectivity index is 0.000000657. The smallest absolute Gasteiger partial charge is 0.0346 e. The molecule has 0 aliphatic rings. The van der Waals surface area contributed by atoms with Crippen LogP contribution in [0.5, 0.6) is 0 Å². The van der Waals surface area contributed by atoms with Gasteiger partial charge in [-0.25, -0.2) is 0 Å². The van der Waals surface area contributed by atoms with Crippen molar-refractivity contribution in [1.29, 1.82) is 0 Å². The normalized spacial score (nSPS) is 11.8. The summed E-state index contributed by atoms with van der Waals surface area (Å²) < 4.78 is 0. The minimum absolute atomic E-state index is 0.801.